The average molecular weight is 182 g/mol. The SMILES string of the molecule is OCCNCC(O)c1cccnc1. The van der Waals surface area contributed by atoms with Crippen LogP contribution >= 0.6 is 0 Å². The molecule has 0 aliphatic carbocycles. The summed E-state index contributed by atoms with van der Waals surface area (Å²) in [7, 11) is 0. The summed E-state index contributed by atoms with van der Waals surface area (Å²) in [6.07, 6.45) is 2.74. The zero-order valence-electron chi connectivity index (χ0n) is 7.35. The Labute approximate surface area is 77.2 Å². The van der Waals surface area contributed by atoms with E-state index in [-0.39, 0.29) is 6.61 Å². The van der Waals surface area contributed by atoms with Gasteiger partial charge in [-0.3, -0.25) is 4.98 Å². The molecule has 0 spiro atoms. The van der Waals surface area contributed by atoms with Gasteiger partial charge in [0.25, 0.3) is 0 Å². The fourth-order valence-electron chi connectivity index (χ4n) is 1.01. The fourth-order valence-corrected chi connectivity index (χ4v) is 1.01. The molecule has 4 nitrogen and oxygen atoms in total. The molecule has 1 rings (SSSR count). The molecule has 0 saturated carbocycles. The molecule has 1 atom stereocenters. The summed E-state index contributed by atoms with van der Waals surface area (Å²) in [6, 6.07) is 3.60. The Morgan fingerprint density at radius 1 is 1.54 bits per heavy atom. The number of nitrogens with zero attached hydrogens (tertiary/aromatic N) is 1. The molecule has 1 unspecified atom stereocenters. The van der Waals surface area contributed by atoms with Crippen molar-refractivity contribution < 1.29 is 10.2 Å². The third kappa shape index (κ3) is 3.50. The summed E-state index contributed by atoms with van der Waals surface area (Å²) in [5, 5.41) is 21.0. The molecule has 13 heavy (non-hydrogen) atoms. The van der Waals surface area contributed by atoms with Gasteiger partial charge in [0.15, 0.2) is 0 Å². The molecule has 0 radical (unpaired) electrons. The van der Waals surface area contributed by atoms with E-state index < -0.39 is 6.10 Å². The van der Waals surface area contributed by atoms with Gasteiger partial charge in [-0.1, -0.05) is 6.07 Å². The lowest BCUT2D eigenvalue weighted by Crippen LogP contribution is -2.24. The van der Waals surface area contributed by atoms with Gasteiger partial charge >= 0.3 is 0 Å². The number of aliphatic hydroxyl groups is 2. The quantitative estimate of drug-likeness (QED) is 0.547. The number of aliphatic hydroxyl groups excluding tert-OH is 2. The highest BCUT2D eigenvalue weighted by Gasteiger charge is 2.05. The van der Waals surface area contributed by atoms with Crippen LogP contribution in [0.3, 0.4) is 0 Å². The second-order valence-corrected chi connectivity index (χ2v) is 2.73. The Hall–Kier alpha value is -0.970. The van der Waals surface area contributed by atoms with E-state index in [1.807, 2.05) is 6.07 Å². The van der Waals surface area contributed by atoms with Crippen molar-refractivity contribution in [3.8, 4) is 0 Å². The molecule has 0 amide bonds. The van der Waals surface area contributed by atoms with Crippen molar-refractivity contribution in [1.82, 2.24) is 10.3 Å². The molecule has 1 aromatic heterocycles. The van der Waals surface area contributed by atoms with E-state index in [1.165, 1.54) is 0 Å². The molecule has 0 saturated heterocycles. The summed E-state index contributed by atoms with van der Waals surface area (Å²) in [4.78, 5) is 3.90. The zero-order valence-corrected chi connectivity index (χ0v) is 7.35. The highest BCUT2D eigenvalue weighted by Crippen LogP contribution is 2.08. The van der Waals surface area contributed by atoms with Gasteiger partial charge in [0.1, 0.15) is 0 Å². The molecule has 0 aliphatic heterocycles. The van der Waals surface area contributed by atoms with Gasteiger partial charge < -0.3 is 15.5 Å². The van der Waals surface area contributed by atoms with Gasteiger partial charge in [-0.15, -0.1) is 0 Å². The zero-order chi connectivity index (χ0) is 9.52. The molecule has 0 fully saturated rings. The molecule has 1 aromatic rings. The van der Waals surface area contributed by atoms with Crippen LogP contribution in [-0.2, 0) is 0 Å². The van der Waals surface area contributed by atoms with Gasteiger partial charge in [-0.2, -0.15) is 0 Å². The summed E-state index contributed by atoms with van der Waals surface area (Å²) >= 11 is 0. The predicted octanol–water partition coefficient (Wildman–Crippen LogP) is -0.303. The maximum Gasteiger partial charge on any atom is 0.0929 e. The number of pyridine rings is 1. The summed E-state index contributed by atoms with van der Waals surface area (Å²) in [5.74, 6) is 0. The molecule has 72 valence electrons. The number of rotatable bonds is 5. The van der Waals surface area contributed by atoms with E-state index in [4.69, 9.17) is 5.11 Å². The molecule has 0 bridgehead atoms. The highest BCUT2D eigenvalue weighted by atomic mass is 16.3. The van der Waals surface area contributed by atoms with Crippen molar-refractivity contribution >= 4 is 0 Å². The number of hydrogen-bond donors (Lipinski definition) is 3. The van der Waals surface area contributed by atoms with Crippen LogP contribution in [0.4, 0.5) is 0 Å². The molecule has 3 N–H and O–H groups in total. The Morgan fingerprint density at radius 2 is 2.38 bits per heavy atom. The van der Waals surface area contributed by atoms with Crippen LogP contribution in [0.2, 0.25) is 0 Å². The average Bonchev–Trinajstić information content (AvgIpc) is 2.19. The second kappa shape index (κ2) is 5.64. The van der Waals surface area contributed by atoms with E-state index in [9.17, 15) is 5.11 Å². The Morgan fingerprint density at radius 3 is 3.00 bits per heavy atom. The van der Waals surface area contributed by atoms with Crippen molar-refractivity contribution in [3.63, 3.8) is 0 Å². The van der Waals surface area contributed by atoms with Crippen LogP contribution in [-0.4, -0.2) is 34.9 Å². The molecular formula is C9H14N2O2. The topological polar surface area (TPSA) is 65.4 Å². The Balaban J connectivity index is 2.35. The van der Waals surface area contributed by atoms with Crippen molar-refractivity contribution in [1.29, 1.82) is 0 Å². The van der Waals surface area contributed by atoms with Crippen LogP contribution in [0.1, 0.15) is 11.7 Å². The summed E-state index contributed by atoms with van der Waals surface area (Å²) in [5.41, 5.74) is 0.785. The van der Waals surface area contributed by atoms with Crippen molar-refractivity contribution in [2.24, 2.45) is 0 Å². The number of aromatic nitrogens is 1. The third-order valence-corrected chi connectivity index (χ3v) is 1.70. The Bertz CT molecular complexity index is 228. The summed E-state index contributed by atoms with van der Waals surface area (Å²) < 4.78 is 0. The Kier molecular flexibility index (Phi) is 4.39. The van der Waals surface area contributed by atoms with Crippen molar-refractivity contribution in [2.45, 2.75) is 6.10 Å². The van der Waals surface area contributed by atoms with Crippen LogP contribution in [0.5, 0.6) is 0 Å². The van der Waals surface area contributed by atoms with Gasteiger partial charge in [0.2, 0.25) is 0 Å². The van der Waals surface area contributed by atoms with Crippen LogP contribution < -0.4 is 5.32 Å². The normalized spacial score (nSPS) is 12.8. The van der Waals surface area contributed by atoms with Gasteiger partial charge in [-0.05, 0) is 6.07 Å². The lowest BCUT2D eigenvalue weighted by Gasteiger charge is -2.10. The lowest BCUT2D eigenvalue weighted by molar-refractivity contribution is 0.170. The maximum atomic E-state index is 9.56. The van der Waals surface area contributed by atoms with Gasteiger partial charge in [0, 0.05) is 31.0 Å². The minimum absolute atomic E-state index is 0.0831. The van der Waals surface area contributed by atoms with Crippen LogP contribution in [0.15, 0.2) is 24.5 Å². The fraction of sp³-hybridized carbons (Fsp3) is 0.444. The van der Waals surface area contributed by atoms with E-state index >= 15 is 0 Å². The first kappa shape index (κ1) is 10.1. The standard InChI is InChI=1S/C9H14N2O2/c12-5-4-11-7-9(13)8-2-1-3-10-6-8/h1-3,6,9,11-13H,4-5,7H2. The van der Waals surface area contributed by atoms with Crippen LogP contribution in [0, 0.1) is 0 Å². The van der Waals surface area contributed by atoms with Crippen molar-refractivity contribution in [2.75, 3.05) is 19.7 Å². The predicted molar refractivity (Wildman–Crippen MR) is 49.2 cm³/mol. The molecule has 4 heteroatoms. The number of hydrogen-bond acceptors (Lipinski definition) is 4. The van der Waals surface area contributed by atoms with Gasteiger partial charge in [-0.25, -0.2) is 0 Å². The van der Waals surface area contributed by atoms with E-state index in [2.05, 4.69) is 10.3 Å². The maximum absolute atomic E-state index is 9.56. The first-order chi connectivity index (χ1) is 6.34. The minimum atomic E-state index is -0.555. The summed E-state index contributed by atoms with van der Waals surface area (Å²) in [6.45, 7) is 1.02. The van der Waals surface area contributed by atoms with E-state index in [1.54, 1.807) is 18.5 Å². The largest absolute Gasteiger partial charge is 0.395 e. The third-order valence-electron chi connectivity index (χ3n) is 1.70. The first-order valence-electron chi connectivity index (χ1n) is 4.24. The number of nitrogens with one attached hydrogen (secondary N) is 1. The second-order valence-electron chi connectivity index (χ2n) is 2.73. The molecule has 0 aliphatic rings. The molecular weight excluding hydrogens is 168 g/mol. The monoisotopic (exact) mass is 182 g/mol. The van der Waals surface area contributed by atoms with E-state index in [0.29, 0.717) is 13.1 Å². The van der Waals surface area contributed by atoms with Crippen molar-refractivity contribution in [3.05, 3.63) is 30.1 Å². The smallest absolute Gasteiger partial charge is 0.0929 e. The first-order valence-corrected chi connectivity index (χ1v) is 4.24. The van der Waals surface area contributed by atoms with E-state index in [0.717, 1.165) is 5.56 Å². The van der Waals surface area contributed by atoms with Crippen LogP contribution in [0.25, 0.3) is 0 Å². The minimum Gasteiger partial charge on any atom is -0.395 e. The highest BCUT2D eigenvalue weighted by molar-refractivity contribution is 5.11. The molecule has 0 aromatic carbocycles. The van der Waals surface area contributed by atoms with Gasteiger partial charge in [0.05, 0.1) is 12.7 Å². The lowest BCUT2D eigenvalue weighted by atomic mass is 10.2. The molecule has 1 heterocycles.